The molecule has 1 nitrogen and oxygen atoms in total. The Morgan fingerprint density at radius 3 is 2.78 bits per heavy atom. The molecule has 0 saturated heterocycles. The van der Waals surface area contributed by atoms with Crippen molar-refractivity contribution in [1.29, 1.82) is 0 Å². The monoisotopic (exact) mass is 146 g/mol. The lowest BCUT2D eigenvalue weighted by molar-refractivity contribution is 0.198. The molecule has 1 N–H and O–H groups in total. The van der Waals surface area contributed by atoms with Crippen molar-refractivity contribution in [2.24, 2.45) is 0 Å². The zero-order valence-electron chi connectivity index (χ0n) is 5.47. The molecule has 0 heterocycles. The van der Waals surface area contributed by atoms with Crippen molar-refractivity contribution < 1.29 is 5.11 Å². The molecule has 1 unspecified atom stereocenters. The first-order valence-corrected chi connectivity index (χ1v) is 3.19. The molecule has 0 aliphatic carbocycles. The minimum atomic E-state index is -0.294. The highest BCUT2D eigenvalue weighted by molar-refractivity contribution is 6.30. The average Bonchev–Trinajstić information content (AvgIpc) is 1.63. The van der Waals surface area contributed by atoms with Gasteiger partial charge in [-0.25, -0.2) is 0 Å². The second kappa shape index (κ2) is 4.59. The number of aliphatic hydroxyl groups is 1. The van der Waals surface area contributed by atoms with E-state index >= 15 is 0 Å². The summed E-state index contributed by atoms with van der Waals surface area (Å²) in [6, 6.07) is 0. The van der Waals surface area contributed by atoms with Gasteiger partial charge in [0.15, 0.2) is 0 Å². The zero-order valence-corrected chi connectivity index (χ0v) is 6.23. The molecule has 1 atom stereocenters. The van der Waals surface area contributed by atoms with Gasteiger partial charge >= 0.3 is 0 Å². The van der Waals surface area contributed by atoms with Crippen LogP contribution in [0.25, 0.3) is 0 Å². The fourth-order valence-electron chi connectivity index (χ4n) is 0.393. The van der Waals surface area contributed by atoms with Gasteiger partial charge in [0.2, 0.25) is 0 Å². The Morgan fingerprint density at radius 1 is 1.89 bits per heavy atom. The fourth-order valence-corrected chi connectivity index (χ4v) is 0.482. The van der Waals surface area contributed by atoms with Gasteiger partial charge in [0, 0.05) is 5.03 Å². The summed E-state index contributed by atoms with van der Waals surface area (Å²) >= 11 is 5.40. The summed E-state index contributed by atoms with van der Waals surface area (Å²) in [7, 11) is 0. The minimum Gasteiger partial charge on any atom is -0.393 e. The predicted octanol–water partition coefficient (Wildman–Crippen LogP) is 2.07. The van der Waals surface area contributed by atoms with E-state index in [0.29, 0.717) is 11.5 Å². The summed E-state index contributed by atoms with van der Waals surface area (Å²) in [5.74, 6) is 0. The molecule has 0 rings (SSSR count). The summed E-state index contributed by atoms with van der Waals surface area (Å²) < 4.78 is 0. The van der Waals surface area contributed by atoms with Crippen LogP contribution in [0.15, 0.2) is 23.8 Å². The maximum atomic E-state index is 8.74. The summed E-state index contributed by atoms with van der Waals surface area (Å²) in [6.45, 7) is 5.17. The summed E-state index contributed by atoms with van der Waals surface area (Å²) in [5, 5.41) is 9.24. The quantitative estimate of drug-likeness (QED) is 0.605. The van der Waals surface area contributed by atoms with Crippen molar-refractivity contribution in [2.45, 2.75) is 19.4 Å². The Balaban J connectivity index is 3.36. The van der Waals surface area contributed by atoms with Gasteiger partial charge in [0.25, 0.3) is 0 Å². The maximum Gasteiger partial charge on any atom is 0.0546 e. The minimum absolute atomic E-state index is 0.294. The van der Waals surface area contributed by atoms with E-state index in [1.54, 1.807) is 19.1 Å². The van der Waals surface area contributed by atoms with Crippen LogP contribution in [0.1, 0.15) is 13.3 Å². The maximum absolute atomic E-state index is 8.74. The van der Waals surface area contributed by atoms with Crippen molar-refractivity contribution >= 4 is 11.6 Å². The highest BCUT2D eigenvalue weighted by atomic mass is 35.5. The molecule has 0 aromatic rings. The van der Waals surface area contributed by atoms with E-state index in [0.717, 1.165) is 0 Å². The lowest BCUT2D eigenvalue weighted by Crippen LogP contribution is -1.94. The van der Waals surface area contributed by atoms with E-state index in [1.165, 1.54) is 0 Å². The van der Waals surface area contributed by atoms with Gasteiger partial charge < -0.3 is 5.11 Å². The van der Waals surface area contributed by atoms with Crippen LogP contribution < -0.4 is 0 Å². The predicted molar refractivity (Wildman–Crippen MR) is 40.4 cm³/mol. The third kappa shape index (κ3) is 7.73. The van der Waals surface area contributed by atoms with Gasteiger partial charge in [-0.2, -0.15) is 0 Å². The number of halogens is 1. The second-order valence-corrected chi connectivity index (χ2v) is 2.42. The van der Waals surface area contributed by atoms with Gasteiger partial charge in [0.05, 0.1) is 6.10 Å². The van der Waals surface area contributed by atoms with Crippen molar-refractivity contribution in [1.82, 2.24) is 0 Å². The van der Waals surface area contributed by atoms with Gasteiger partial charge in [-0.3, -0.25) is 0 Å². The van der Waals surface area contributed by atoms with Crippen LogP contribution in [0.3, 0.4) is 0 Å². The molecule has 0 spiro atoms. The molecule has 0 bridgehead atoms. The third-order valence-corrected chi connectivity index (χ3v) is 0.902. The lowest BCUT2D eigenvalue weighted by Gasteiger charge is -1.94. The van der Waals surface area contributed by atoms with E-state index in [9.17, 15) is 0 Å². The Kier molecular flexibility index (Phi) is 4.46. The van der Waals surface area contributed by atoms with Crippen molar-refractivity contribution in [3.05, 3.63) is 23.8 Å². The number of rotatable bonds is 3. The van der Waals surface area contributed by atoms with E-state index in [4.69, 9.17) is 16.7 Å². The van der Waals surface area contributed by atoms with Crippen LogP contribution in [-0.2, 0) is 0 Å². The number of aliphatic hydroxyl groups excluding tert-OH is 1. The van der Waals surface area contributed by atoms with Gasteiger partial charge in [-0.1, -0.05) is 24.3 Å². The Bertz CT molecular complexity index is 116. The average molecular weight is 147 g/mol. The van der Waals surface area contributed by atoms with E-state index < -0.39 is 0 Å². The highest BCUT2D eigenvalue weighted by Crippen LogP contribution is 2.00. The first-order chi connectivity index (χ1) is 4.13. The lowest BCUT2D eigenvalue weighted by atomic mass is 10.3. The smallest absolute Gasteiger partial charge is 0.0546 e. The van der Waals surface area contributed by atoms with Crippen LogP contribution in [-0.4, -0.2) is 11.2 Å². The normalized spacial score (nSPS) is 14.1. The number of allylic oxidation sites excluding steroid dienone is 2. The van der Waals surface area contributed by atoms with E-state index in [2.05, 4.69) is 6.58 Å². The summed E-state index contributed by atoms with van der Waals surface area (Å²) in [5.41, 5.74) is 0. The van der Waals surface area contributed by atoms with Crippen LogP contribution in [0.2, 0.25) is 0 Å². The zero-order chi connectivity index (χ0) is 7.28. The molecule has 0 fully saturated rings. The van der Waals surface area contributed by atoms with Crippen molar-refractivity contribution in [2.75, 3.05) is 0 Å². The first-order valence-electron chi connectivity index (χ1n) is 2.82. The van der Waals surface area contributed by atoms with Crippen LogP contribution >= 0.6 is 11.6 Å². The Hall–Kier alpha value is -0.270. The standard InChI is InChI=1S/C7H11ClO/c1-6(8)4-3-5-7(2)9/h3-4,7,9H,1,5H2,2H3/b4-3-. The van der Waals surface area contributed by atoms with Crippen LogP contribution in [0, 0.1) is 0 Å². The molecule has 0 aliphatic heterocycles. The topological polar surface area (TPSA) is 20.2 Å². The van der Waals surface area contributed by atoms with Gasteiger partial charge in [-0.15, -0.1) is 0 Å². The summed E-state index contributed by atoms with van der Waals surface area (Å²) in [6.07, 6.45) is 3.80. The van der Waals surface area contributed by atoms with Gasteiger partial charge in [0.1, 0.15) is 0 Å². The molecule has 0 amide bonds. The molecule has 0 aliphatic rings. The highest BCUT2D eigenvalue weighted by Gasteiger charge is 1.87. The van der Waals surface area contributed by atoms with Gasteiger partial charge in [-0.05, 0) is 19.4 Å². The molecule has 0 radical (unpaired) electrons. The molecule has 2 heteroatoms. The Morgan fingerprint density at radius 2 is 2.44 bits per heavy atom. The summed E-state index contributed by atoms with van der Waals surface area (Å²) in [4.78, 5) is 0. The van der Waals surface area contributed by atoms with E-state index in [-0.39, 0.29) is 6.10 Å². The number of hydrogen-bond donors (Lipinski definition) is 1. The fraction of sp³-hybridized carbons (Fsp3) is 0.429. The first kappa shape index (κ1) is 8.73. The van der Waals surface area contributed by atoms with Crippen molar-refractivity contribution in [3.63, 3.8) is 0 Å². The van der Waals surface area contributed by atoms with Crippen LogP contribution in [0.4, 0.5) is 0 Å². The third-order valence-electron chi connectivity index (χ3n) is 0.776. The van der Waals surface area contributed by atoms with E-state index in [1.807, 2.05) is 0 Å². The molecule has 0 aromatic carbocycles. The molecular weight excluding hydrogens is 136 g/mol. The SMILES string of the molecule is C=C(Cl)/C=C\CC(C)O. The largest absolute Gasteiger partial charge is 0.393 e. The number of hydrogen-bond acceptors (Lipinski definition) is 1. The van der Waals surface area contributed by atoms with Crippen molar-refractivity contribution in [3.8, 4) is 0 Å². The molecule has 52 valence electrons. The molecular formula is C7H11ClO. The second-order valence-electron chi connectivity index (χ2n) is 1.93. The Labute approximate surface area is 60.6 Å². The molecule has 9 heavy (non-hydrogen) atoms. The molecule has 0 aromatic heterocycles. The van der Waals surface area contributed by atoms with Crippen LogP contribution in [0.5, 0.6) is 0 Å². The molecule has 0 saturated carbocycles.